The second kappa shape index (κ2) is 10.3. The van der Waals surface area contributed by atoms with Crippen LogP contribution in [0.1, 0.15) is 29.3 Å². The lowest BCUT2D eigenvalue weighted by Crippen LogP contribution is -2.33. The van der Waals surface area contributed by atoms with Crippen molar-refractivity contribution in [1.82, 2.24) is 5.32 Å². The molecule has 2 N–H and O–H groups in total. The van der Waals surface area contributed by atoms with Crippen LogP contribution in [0.5, 0.6) is 11.5 Å². The van der Waals surface area contributed by atoms with Gasteiger partial charge < -0.3 is 20.1 Å². The summed E-state index contributed by atoms with van der Waals surface area (Å²) in [5.41, 5.74) is 1.72. The molecule has 0 saturated heterocycles. The lowest BCUT2D eigenvalue weighted by Gasteiger charge is -2.14. The minimum atomic E-state index is -0.404. The van der Waals surface area contributed by atoms with E-state index in [4.69, 9.17) is 21.1 Å². The Labute approximate surface area is 177 Å². The topological polar surface area (TPSA) is 76.7 Å². The number of rotatable bonds is 8. The summed E-state index contributed by atoms with van der Waals surface area (Å²) in [6.07, 6.45) is 0.846. The number of carbonyl (C=O) groups excluding carboxylic acids is 2. The molecule has 8 heteroatoms. The number of amides is 2. The van der Waals surface area contributed by atoms with Crippen LogP contribution in [0, 0.1) is 6.92 Å². The molecule has 0 bridgehead atoms. The molecule has 0 unspecified atom stereocenters. The number of ether oxygens (including phenoxy) is 2. The number of hydrogen-bond acceptors (Lipinski definition) is 4. The third-order valence-electron chi connectivity index (χ3n) is 3.89. The number of benzene rings is 2. The summed E-state index contributed by atoms with van der Waals surface area (Å²) in [5, 5.41) is 5.88. The summed E-state index contributed by atoms with van der Waals surface area (Å²) in [5.74, 6) is 0.216. The van der Waals surface area contributed by atoms with E-state index >= 15 is 0 Å². The van der Waals surface area contributed by atoms with Gasteiger partial charge in [-0.15, -0.1) is 0 Å². The first kappa shape index (κ1) is 22.0. The molecule has 0 aromatic heterocycles. The first-order valence-corrected chi connectivity index (χ1v) is 9.88. The van der Waals surface area contributed by atoms with Crippen molar-refractivity contribution in [1.29, 1.82) is 0 Å². The lowest BCUT2D eigenvalue weighted by atomic mass is 10.2. The molecular weight excluding hydrogens is 448 g/mol. The SMILES string of the molecule is CCCOc1c(Br)cc(C(=O)NCC(=O)Nc2cccc(Cl)c2C)cc1OC. The fourth-order valence-electron chi connectivity index (χ4n) is 2.40. The quantitative estimate of drug-likeness (QED) is 0.593. The molecule has 0 aliphatic rings. The summed E-state index contributed by atoms with van der Waals surface area (Å²) in [4.78, 5) is 24.6. The third-order valence-corrected chi connectivity index (χ3v) is 4.89. The second-order valence-electron chi connectivity index (χ2n) is 5.98. The van der Waals surface area contributed by atoms with Gasteiger partial charge in [-0.05, 0) is 59.1 Å². The van der Waals surface area contributed by atoms with Crippen LogP contribution in [0.3, 0.4) is 0 Å². The van der Waals surface area contributed by atoms with Crippen LogP contribution >= 0.6 is 27.5 Å². The summed E-state index contributed by atoms with van der Waals surface area (Å²) in [6.45, 7) is 4.16. The molecule has 0 fully saturated rings. The maximum absolute atomic E-state index is 12.4. The van der Waals surface area contributed by atoms with E-state index < -0.39 is 5.91 Å². The maximum Gasteiger partial charge on any atom is 0.251 e. The highest BCUT2D eigenvalue weighted by atomic mass is 79.9. The number of carbonyl (C=O) groups is 2. The van der Waals surface area contributed by atoms with Gasteiger partial charge in [0.2, 0.25) is 5.91 Å². The van der Waals surface area contributed by atoms with E-state index in [1.165, 1.54) is 7.11 Å². The van der Waals surface area contributed by atoms with E-state index in [1.54, 1.807) is 30.3 Å². The molecule has 0 aliphatic heterocycles. The van der Waals surface area contributed by atoms with Crippen molar-refractivity contribution < 1.29 is 19.1 Å². The van der Waals surface area contributed by atoms with Gasteiger partial charge in [-0.3, -0.25) is 9.59 Å². The zero-order chi connectivity index (χ0) is 20.7. The van der Waals surface area contributed by atoms with Crippen molar-refractivity contribution in [3.05, 3.63) is 51.0 Å². The van der Waals surface area contributed by atoms with Gasteiger partial charge >= 0.3 is 0 Å². The highest BCUT2D eigenvalue weighted by Gasteiger charge is 2.16. The van der Waals surface area contributed by atoms with E-state index in [1.807, 2.05) is 13.8 Å². The average Bonchev–Trinajstić information content (AvgIpc) is 2.68. The fourth-order valence-corrected chi connectivity index (χ4v) is 3.13. The molecular formula is C20H22BrClN2O4. The lowest BCUT2D eigenvalue weighted by molar-refractivity contribution is -0.115. The van der Waals surface area contributed by atoms with Gasteiger partial charge in [0.15, 0.2) is 11.5 Å². The molecule has 2 aromatic carbocycles. The monoisotopic (exact) mass is 468 g/mol. The predicted molar refractivity (Wildman–Crippen MR) is 114 cm³/mol. The van der Waals surface area contributed by atoms with Crippen molar-refractivity contribution in [2.45, 2.75) is 20.3 Å². The molecule has 0 atom stereocenters. The molecule has 0 saturated carbocycles. The Morgan fingerprint density at radius 1 is 1.25 bits per heavy atom. The molecule has 0 spiro atoms. The van der Waals surface area contributed by atoms with E-state index in [0.717, 1.165) is 12.0 Å². The van der Waals surface area contributed by atoms with E-state index in [2.05, 4.69) is 26.6 Å². The molecule has 2 rings (SSSR count). The predicted octanol–water partition coefficient (Wildman–Crippen LogP) is 4.58. The smallest absolute Gasteiger partial charge is 0.251 e. The average molecular weight is 470 g/mol. The first-order chi connectivity index (χ1) is 13.4. The Morgan fingerprint density at radius 2 is 2.00 bits per heavy atom. The van der Waals surface area contributed by atoms with Crippen molar-refractivity contribution in [3.8, 4) is 11.5 Å². The van der Waals surface area contributed by atoms with E-state index in [0.29, 0.717) is 38.9 Å². The van der Waals surface area contributed by atoms with Gasteiger partial charge in [0.05, 0.1) is 24.7 Å². The van der Waals surface area contributed by atoms with E-state index in [-0.39, 0.29) is 12.5 Å². The Morgan fingerprint density at radius 3 is 2.68 bits per heavy atom. The van der Waals surface area contributed by atoms with Gasteiger partial charge in [0.1, 0.15) is 0 Å². The minimum absolute atomic E-state index is 0.182. The standard InChI is InChI=1S/C20H22BrClN2O4/c1-4-8-28-19-14(21)9-13(10-17(19)27-3)20(26)23-11-18(25)24-16-7-5-6-15(22)12(16)2/h5-7,9-10H,4,8,11H2,1-3H3,(H,23,26)(H,24,25). The van der Waals surface area contributed by atoms with Crippen LogP contribution in [0.15, 0.2) is 34.8 Å². The number of anilines is 1. The molecule has 150 valence electrons. The molecule has 0 heterocycles. The van der Waals surface area contributed by atoms with Crippen LogP contribution < -0.4 is 20.1 Å². The zero-order valence-electron chi connectivity index (χ0n) is 15.9. The Bertz CT molecular complexity index is 874. The molecule has 0 aliphatic carbocycles. The van der Waals surface area contributed by atoms with E-state index in [9.17, 15) is 9.59 Å². The number of halogens is 2. The molecule has 6 nitrogen and oxygen atoms in total. The maximum atomic E-state index is 12.4. The van der Waals surface area contributed by atoms with Crippen LogP contribution in [-0.2, 0) is 4.79 Å². The molecule has 2 aromatic rings. The first-order valence-electron chi connectivity index (χ1n) is 8.70. The summed E-state index contributed by atoms with van der Waals surface area (Å²) in [6, 6.07) is 8.44. The number of hydrogen-bond donors (Lipinski definition) is 2. The van der Waals surface area contributed by atoms with Crippen molar-refractivity contribution in [2.24, 2.45) is 0 Å². The Balaban J connectivity index is 2.03. The van der Waals surface area contributed by atoms with Crippen LogP contribution in [-0.4, -0.2) is 32.1 Å². The van der Waals surface area contributed by atoms with Crippen LogP contribution in [0.4, 0.5) is 5.69 Å². The van der Waals surface area contributed by atoms with Crippen LogP contribution in [0.2, 0.25) is 5.02 Å². The van der Waals surface area contributed by atoms with Crippen molar-refractivity contribution in [2.75, 3.05) is 25.6 Å². The van der Waals surface area contributed by atoms with Gasteiger partial charge in [0.25, 0.3) is 5.91 Å². The van der Waals surface area contributed by atoms with Crippen molar-refractivity contribution >= 4 is 45.0 Å². The molecule has 28 heavy (non-hydrogen) atoms. The number of methoxy groups -OCH3 is 1. The largest absolute Gasteiger partial charge is 0.493 e. The van der Waals surface area contributed by atoms with Crippen molar-refractivity contribution in [3.63, 3.8) is 0 Å². The highest BCUT2D eigenvalue weighted by molar-refractivity contribution is 9.10. The van der Waals surface area contributed by atoms with Gasteiger partial charge in [-0.25, -0.2) is 0 Å². The second-order valence-corrected chi connectivity index (χ2v) is 7.24. The highest BCUT2D eigenvalue weighted by Crippen LogP contribution is 2.36. The third kappa shape index (κ3) is 5.62. The van der Waals surface area contributed by atoms with Gasteiger partial charge in [0, 0.05) is 16.3 Å². The molecule has 0 radical (unpaired) electrons. The minimum Gasteiger partial charge on any atom is -0.493 e. The van der Waals surface area contributed by atoms with Gasteiger partial charge in [-0.1, -0.05) is 24.6 Å². The zero-order valence-corrected chi connectivity index (χ0v) is 18.2. The van der Waals surface area contributed by atoms with Gasteiger partial charge in [-0.2, -0.15) is 0 Å². The van der Waals surface area contributed by atoms with Crippen LogP contribution in [0.25, 0.3) is 0 Å². The Hall–Kier alpha value is -2.25. The number of nitrogens with one attached hydrogen (secondary N) is 2. The summed E-state index contributed by atoms with van der Waals surface area (Å²) < 4.78 is 11.6. The summed E-state index contributed by atoms with van der Waals surface area (Å²) >= 11 is 9.44. The fraction of sp³-hybridized carbons (Fsp3) is 0.300. The normalized spacial score (nSPS) is 10.3. The Kier molecular flexibility index (Phi) is 8.14. The molecule has 2 amide bonds. The summed E-state index contributed by atoms with van der Waals surface area (Å²) in [7, 11) is 1.50.